The SMILES string of the molecule is CCOc1ccc(C(c2ccc(Cl)c(Cl)c2)N2CCC(C(=O)O)CC2)cc1. The van der Waals surface area contributed by atoms with Crippen molar-refractivity contribution in [2.45, 2.75) is 25.8 Å². The van der Waals surface area contributed by atoms with Gasteiger partial charge in [-0.3, -0.25) is 9.69 Å². The molecular weight excluding hydrogens is 385 g/mol. The highest BCUT2D eigenvalue weighted by atomic mass is 35.5. The van der Waals surface area contributed by atoms with E-state index < -0.39 is 5.97 Å². The molecule has 2 aromatic carbocycles. The fraction of sp³-hybridized carbons (Fsp3) is 0.381. The van der Waals surface area contributed by atoms with Crippen LogP contribution in [0.25, 0.3) is 0 Å². The Morgan fingerprint density at radius 2 is 1.74 bits per heavy atom. The van der Waals surface area contributed by atoms with E-state index in [0.29, 0.717) is 29.5 Å². The number of ether oxygens (including phenoxy) is 1. The highest BCUT2D eigenvalue weighted by Gasteiger charge is 2.30. The van der Waals surface area contributed by atoms with E-state index in [4.69, 9.17) is 27.9 Å². The summed E-state index contributed by atoms with van der Waals surface area (Å²) >= 11 is 12.4. The van der Waals surface area contributed by atoms with Gasteiger partial charge in [-0.1, -0.05) is 41.4 Å². The van der Waals surface area contributed by atoms with E-state index in [1.807, 2.05) is 37.3 Å². The summed E-state index contributed by atoms with van der Waals surface area (Å²) in [6.45, 7) is 4.02. The van der Waals surface area contributed by atoms with Crippen molar-refractivity contribution in [2.75, 3.05) is 19.7 Å². The number of rotatable bonds is 6. The average Bonchev–Trinajstić information content (AvgIpc) is 2.67. The minimum Gasteiger partial charge on any atom is -0.494 e. The molecule has 0 aliphatic carbocycles. The zero-order chi connectivity index (χ0) is 19.4. The summed E-state index contributed by atoms with van der Waals surface area (Å²) in [6.07, 6.45) is 1.29. The fourth-order valence-corrected chi connectivity index (χ4v) is 3.92. The van der Waals surface area contributed by atoms with Crippen LogP contribution in [-0.2, 0) is 4.79 Å². The number of aliphatic carboxylic acids is 1. The Kier molecular flexibility index (Phi) is 6.64. The first-order valence-corrected chi connectivity index (χ1v) is 9.89. The molecule has 0 aromatic heterocycles. The molecule has 1 aliphatic heterocycles. The first-order valence-electron chi connectivity index (χ1n) is 9.14. The molecule has 1 unspecified atom stereocenters. The normalized spacial score (nSPS) is 16.9. The summed E-state index contributed by atoms with van der Waals surface area (Å²) < 4.78 is 5.55. The van der Waals surface area contributed by atoms with Crippen LogP contribution in [0.15, 0.2) is 42.5 Å². The summed E-state index contributed by atoms with van der Waals surface area (Å²) in [5, 5.41) is 10.3. The molecule has 27 heavy (non-hydrogen) atoms. The highest BCUT2D eigenvalue weighted by molar-refractivity contribution is 6.42. The largest absolute Gasteiger partial charge is 0.494 e. The van der Waals surface area contributed by atoms with Crippen LogP contribution in [-0.4, -0.2) is 35.7 Å². The Hall–Kier alpha value is -1.75. The number of likely N-dealkylation sites (tertiary alicyclic amines) is 1. The lowest BCUT2D eigenvalue weighted by molar-refractivity contribution is -0.143. The number of halogens is 2. The predicted molar refractivity (Wildman–Crippen MR) is 108 cm³/mol. The van der Waals surface area contributed by atoms with Gasteiger partial charge in [0.25, 0.3) is 0 Å². The van der Waals surface area contributed by atoms with Crippen molar-refractivity contribution in [3.05, 3.63) is 63.6 Å². The number of nitrogens with zero attached hydrogens (tertiary/aromatic N) is 1. The second kappa shape index (κ2) is 8.96. The maximum Gasteiger partial charge on any atom is 0.306 e. The van der Waals surface area contributed by atoms with Crippen LogP contribution in [0.2, 0.25) is 10.0 Å². The number of carbonyl (C=O) groups is 1. The fourth-order valence-electron chi connectivity index (χ4n) is 3.61. The molecular formula is C21H23Cl2NO3. The van der Waals surface area contributed by atoms with Crippen molar-refractivity contribution in [1.29, 1.82) is 0 Å². The van der Waals surface area contributed by atoms with Gasteiger partial charge >= 0.3 is 5.97 Å². The lowest BCUT2D eigenvalue weighted by Gasteiger charge is -2.37. The van der Waals surface area contributed by atoms with Gasteiger partial charge in [0, 0.05) is 0 Å². The molecule has 0 amide bonds. The number of benzene rings is 2. The van der Waals surface area contributed by atoms with E-state index in [1.54, 1.807) is 0 Å². The van der Waals surface area contributed by atoms with Gasteiger partial charge in [-0.15, -0.1) is 0 Å². The predicted octanol–water partition coefficient (Wildman–Crippen LogP) is 5.28. The first-order chi connectivity index (χ1) is 13.0. The Balaban J connectivity index is 1.91. The second-order valence-electron chi connectivity index (χ2n) is 6.73. The molecule has 4 nitrogen and oxygen atoms in total. The van der Waals surface area contributed by atoms with Crippen LogP contribution in [0, 0.1) is 5.92 Å². The third kappa shape index (κ3) is 4.75. The number of piperidine rings is 1. The molecule has 144 valence electrons. The Morgan fingerprint density at radius 3 is 2.30 bits per heavy atom. The van der Waals surface area contributed by atoms with Crippen molar-refractivity contribution >= 4 is 29.2 Å². The molecule has 1 aliphatic rings. The average molecular weight is 408 g/mol. The topological polar surface area (TPSA) is 49.8 Å². The second-order valence-corrected chi connectivity index (χ2v) is 7.54. The van der Waals surface area contributed by atoms with Crippen LogP contribution in [0.5, 0.6) is 5.75 Å². The van der Waals surface area contributed by atoms with E-state index >= 15 is 0 Å². The van der Waals surface area contributed by atoms with Crippen LogP contribution >= 0.6 is 23.2 Å². The van der Waals surface area contributed by atoms with Gasteiger partial charge in [-0.25, -0.2) is 0 Å². The molecule has 2 aromatic rings. The van der Waals surface area contributed by atoms with Crippen molar-refractivity contribution in [3.63, 3.8) is 0 Å². The summed E-state index contributed by atoms with van der Waals surface area (Å²) in [4.78, 5) is 13.6. The Bertz CT molecular complexity index is 787. The van der Waals surface area contributed by atoms with Crippen LogP contribution < -0.4 is 4.74 Å². The van der Waals surface area contributed by atoms with Crippen molar-refractivity contribution in [3.8, 4) is 5.75 Å². The smallest absolute Gasteiger partial charge is 0.306 e. The zero-order valence-electron chi connectivity index (χ0n) is 15.2. The molecule has 0 spiro atoms. The van der Waals surface area contributed by atoms with Crippen molar-refractivity contribution < 1.29 is 14.6 Å². The van der Waals surface area contributed by atoms with Gasteiger partial charge in [-0.05, 0) is 68.2 Å². The summed E-state index contributed by atoms with van der Waals surface area (Å²) in [6, 6.07) is 13.7. The Labute approximate surface area is 169 Å². The monoisotopic (exact) mass is 407 g/mol. The first kappa shape index (κ1) is 20.0. The molecule has 0 saturated carbocycles. The standard InChI is InChI=1S/C21H23Cl2NO3/c1-2-27-17-6-3-14(4-7-17)20(16-5-8-18(22)19(23)13-16)24-11-9-15(10-12-24)21(25)26/h3-8,13,15,20H,2,9-12H2,1H3,(H,25,26). The lowest BCUT2D eigenvalue weighted by atomic mass is 9.91. The third-order valence-corrected chi connectivity index (χ3v) is 5.75. The Morgan fingerprint density at radius 1 is 1.11 bits per heavy atom. The molecule has 1 fully saturated rings. The van der Waals surface area contributed by atoms with Crippen LogP contribution in [0.4, 0.5) is 0 Å². The van der Waals surface area contributed by atoms with Crippen LogP contribution in [0.3, 0.4) is 0 Å². The molecule has 0 bridgehead atoms. The highest BCUT2D eigenvalue weighted by Crippen LogP contribution is 2.35. The molecule has 3 rings (SSSR count). The molecule has 1 saturated heterocycles. The molecule has 1 N–H and O–H groups in total. The van der Waals surface area contributed by atoms with Gasteiger partial charge < -0.3 is 9.84 Å². The van der Waals surface area contributed by atoms with E-state index in [1.165, 1.54) is 0 Å². The summed E-state index contributed by atoms with van der Waals surface area (Å²) in [5.41, 5.74) is 2.16. The summed E-state index contributed by atoms with van der Waals surface area (Å²) in [7, 11) is 0. The van der Waals surface area contributed by atoms with Gasteiger partial charge in [0.15, 0.2) is 0 Å². The molecule has 1 heterocycles. The van der Waals surface area contributed by atoms with E-state index in [-0.39, 0.29) is 12.0 Å². The minimum absolute atomic E-state index is 0.00909. The maximum atomic E-state index is 11.3. The number of carboxylic acid groups (broad SMARTS) is 1. The maximum absolute atomic E-state index is 11.3. The van der Waals surface area contributed by atoms with Gasteiger partial charge in [0.2, 0.25) is 0 Å². The molecule has 1 atom stereocenters. The van der Waals surface area contributed by atoms with Crippen molar-refractivity contribution in [2.24, 2.45) is 5.92 Å². The quantitative estimate of drug-likeness (QED) is 0.707. The zero-order valence-corrected chi connectivity index (χ0v) is 16.7. The van der Waals surface area contributed by atoms with Gasteiger partial charge in [0.05, 0.1) is 28.6 Å². The van der Waals surface area contributed by atoms with Crippen LogP contribution in [0.1, 0.15) is 36.9 Å². The number of hydrogen-bond acceptors (Lipinski definition) is 3. The van der Waals surface area contributed by atoms with E-state index in [9.17, 15) is 9.90 Å². The third-order valence-electron chi connectivity index (χ3n) is 5.01. The lowest BCUT2D eigenvalue weighted by Crippen LogP contribution is -2.39. The van der Waals surface area contributed by atoms with Gasteiger partial charge in [0.1, 0.15) is 5.75 Å². The van der Waals surface area contributed by atoms with Crippen molar-refractivity contribution in [1.82, 2.24) is 4.90 Å². The van der Waals surface area contributed by atoms with E-state index in [0.717, 1.165) is 30.0 Å². The van der Waals surface area contributed by atoms with E-state index in [2.05, 4.69) is 17.0 Å². The number of carboxylic acids is 1. The molecule has 6 heteroatoms. The number of hydrogen-bond donors (Lipinski definition) is 1. The minimum atomic E-state index is -0.707. The summed E-state index contributed by atoms with van der Waals surface area (Å²) in [5.74, 6) is -0.142. The molecule has 0 radical (unpaired) electrons. The van der Waals surface area contributed by atoms with Gasteiger partial charge in [-0.2, -0.15) is 0 Å².